The van der Waals surface area contributed by atoms with Gasteiger partial charge in [-0.3, -0.25) is 14.4 Å². The van der Waals surface area contributed by atoms with E-state index < -0.39 is 23.9 Å². The number of anilines is 1. The van der Waals surface area contributed by atoms with Gasteiger partial charge in [-0.25, -0.2) is 0 Å². The van der Waals surface area contributed by atoms with E-state index in [9.17, 15) is 14.4 Å². The van der Waals surface area contributed by atoms with Crippen molar-refractivity contribution in [3.63, 3.8) is 0 Å². The molecule has 7 nitrogen and oxygen atoms in total. The predicted molar refractivity (Wildman–Crippen MR) is 104 cm³/mol. The second-order valence-electron chi connectivity index (χ2n) is 7.41. The number of ether oxygens (including phenoxy) is 2. The number of esters is 1. The topological polar surface area (TPSA) is 84.9 Å². The van der Waals surface area contributed by atoms with E-state index in [1.165, 1.54) is 6.92 Å². The van der Waals surface area contributed by atoms with E-state index in [-0.39, 0.29) is 18.4 Å². The van der Waals surface area contributed by atoms with Gasteiger partial charge in [-0.1, -0.05) is 12.8 Å². The van der Waals surface area contributed by atoms with Crippen molar-refractivity contribution in [3.05, 3.63) is 24.3 Å². The lowest BCUT2D eigenvalue weighted by Gasteiger charge is -2.24. The number of hydrogen-bond donors (Lipinski definition) is 1. The Balaban J connectivity index is 1.49. The zero-order valence-electron chi connectivity index (χ0n) is 16.5. The molecule has 28 heavy (non-hydrogen) atoms. The monoisotopic (exact) mass is 388 g/mol. The van der Waals surface area contributed by atoms with Crippen molar-refractivity contribution in [1.29, 1.82) is 0 Å². The number of likely N-dealkylation sites (tertiary alicyclic amines) is 1. The van der Waals surface area contributed by atoms with Crippen molar-refractivity contribution >= 4 is 23.5 Å². The van der Waals surface area contributed by atoms with Crippen LogP contribution in [0.1, 0.15) is 46.0 Å². The number of nitrogens with one attached hydrogen (secondary N) is 1. The zero-order valence-corrected chi connectivity index (χ0v) is 16.5. The lowest BCUT2D eigenvalue weighted by atomic mass is 10.1. The van der Waals surface area contributed by atoms with Crippen LogP contribution >= 0.6 is 0 Å². The third-order valence-electron chi connectivity index (χ3n) is 5.35. The first-order valence-electron chi connectivity index (χ1n) is 10.0. The number of carbonyl (C=O) groups is 3. The summed E-state index contributed by atoms with van der Waals surface area (Å²) < 4.78 is 10.7. The molecule has 1 aliphatic carbocycles. The average Bonchev–Trinajstić information content (AvgIpc) is 3.33. The van der Waals surface area contributed by atoms with Gasteiger partial charge in [0.05, 0.1) is 12.5 Å². The molecule has 2 amide bonds. The lowest BCUT2D eigenvalue weighted by Crippen LogP contribution is -2.36. The highest BCUT2D eigenvalue weighted by atomic mass is 16.5. The molecule has 0 unspecified atom stereocenters. The van der Waals surface area contributed by atoms with Gasteiger partial charge in [-0.05, 0) is 51.0 Å². The van der Waals surface area contributed by atoms with Crippen molar-refractivity contribution in [1.82, 2.24) is 4.90 Å². The summed E-state index contributed by atoms with van der Waals surface area (Å²) in [5.74, 6) is -0.649. The molecule has 1 saturated carbocycles. The van der Waals surface area contributed by atoms with Gasteiger partial charge in [0.15, 0.2) is 6.10 Å². The summed E-state index contributed by atoms with van der Waals surface area (Å²) in [4.78, 5) is 38.8. The van der Waals surface area contributed by atoms with Gasteiger partial charge in [0.1, 0.15) is 5.75 Å². The summed E-state index contributed by atoms with van der Waals surface area (Å²) in [7, 11) is 0. The van der Waals surface area contributed by atoms with Crippen LogP contribution in [-0.4, -0.2) is 48.0 Å². The SMILES string of the molecule is CCOc1ccc(NC(=O)[C@@H](C)OC(=O)[C@@H]2CC(=O)N(C3CCCC3)C2)cc1. The zero-order chi connectivity index (χ0) is 20.1. The summed E-state index contributed by atoms with van der Waals surface area (Å²) in [6.45, 7) is 4.40. The van der Waals surface area contributed by atoms with Gasteiger partial charge in [0.25, 0.3) is 5.91 Å². The molecule has 1 aromatic rings. The van der Waals surface area contributed by atoms with E-state index in [1.807, 2.05) is 11.8 Å². The number of carbonyl (C=O) groups excluding carboxylic acids is 3. The van der Waals surface area contributed by atoms with E-state index in [0.29, 0.717) is 18.8 Å². The molecular formula is C21H28N2O5. The first-order chi connectivity index (χ1) is 13.5. The van der Waals surface area contributed by atoms with E-state index in [2.05, 4.69) is 5.32 Å². The number of nitrogens with zero attached hydrogens (tertiary/aromatic N) is 1. The highest BCUT2D eigenvalue weighted by molar-refractivity contribution is 5.95. The van der Waals surface area contributed by atoms with Crippen molar-refractivity contribution in [3.8, 4) is 5.75 Å². The van der Waals surface area contributed by atoms with Crippen LogP contribution in [0.4, 0.5) is 5.69 Å². The summed E-state index contributed by atoms with van der Waals surface area (Å²) >= 11 is 0. The summed E-state index contributed by atoms with van der Waals surface area (Å²) in [6.07, 6.45) is 3.51. The van der Waals surface area contributed by atoms with Crippen LogP contribution in [0.5, 0.6) is 5.75 Å². The average molecular weight is 388 g/mol. The molecule has 0 radical (unpaired) electrons. The van der Waals surface area contributed by atoms with Crippen molar-refractivity contribution in [2.45, 2.75) is 58.1 Å². The van der Waals surface area contributed by atoms with Crippen LogP contribution in [0.25, 0.3) is 0 Å². The minimum atomic E-state index is -0.935. The third kappa shape index (κ3) is 4.82. The quantitative estimate of drug-likeness (QED) is 0.726. The Morgan fingerprint density at radius 2 is 1.89 bits per heavy atom. The molecule has 1 aliphatic heterocycles. The van der Waals surface area contributed by atoms with E-state index in [4.69, 9.17) is 9.47 Å². The maximum Gasteiger partial charge on any atom is 0.312 e. The Kier molecular flexibility index (Phi) is 6.54. The number of benzene rings is 1. The number of amides is 2. The standard InChI is InChI=1S/C21H28N2O5/c1-3-27-18-10-8-16(9-11-18)22-20(25)14(2)28-21(26)15-12-19(24)23(13-15)17-6-4-5-7-17/h8-11,14-15,17H,3-7,12-13H2,1-2H3,(H,22,25)/t14-,15-/m1/s1. The Labute approximate surface area is 165 Å². The summed E-state index contributed by atoms with van der Waals surface area (Å²) in [6, 6.07) is 7.24. The fourth-order valence-corrected chi connectivity index (χ4v) is 3.83. The smallest absolute Gasteiger partial charge is 0.312 e. The lowest BCUT2D eigenvalue weighted by molar-refractivity contribution is -0.157. The molecule has 2 fully saturated rings. The molecule has 152 valence electrons. The van der Waals surface area contributed by atoms with Gasteiger partial charge in [0.2, 0.25) is 5.91 Å². The molecule has 1 aromatic carbocycles. The predicted octanol–water partition coefficient (Wildman–Crippen LogP) is 2.75. The number of rotatable bonds is 7. The molecular weight excluding hydrogens is 360 g/mol. The Morgan fingerprint density at radius 3 is 2.54 bits per heavy atom. The van der Waals surface area contributed by atoms with Crippen LogP contribution in [0.3, 0.4) is 0 Å². The van der Waals surface area contributed by atoms with E-state index in [1.54, 1.807) is 24.3 Å². The molecule has 3 rings (SSSR count). The maximum absolute atomic E-state index is 12.4. The Hall–Kier alpha value is -2.57. The molecule has 0 bridgehead atoms. The fraction of sp³-hybridized carbons (Fsp3) is 0.571. The highest BCUT2D eigenvalue weighted by Crippen LogP contribution is 2.30. The van der Waals surface area contributed by atoms with Crippen LogP contribution in [0, 0.1) is 5.92 Å². The summed E-state index contributed by atoms with van der Waals surface area (Å²) in [5, 5.41) is 2.72. The van der Waals surface area contributed by atoms with Gasteiger partial charge < -0.3 is 19.7 Å². The van der Waals surface area contributed by atoms with Gasteiger partial charge in [-0.2, -0.15) is 0 Å². The van der Waals surface area contributed by atoms with Gasteiger partial charge in [0, 0.05) is 24.7 Å². The highest BCUT2D eigenvalue weighted by Gasteiger charge is 2.40. The number of hydrogen-bond acceptors (Lipinski definition) is 5. The minimum absolute atomic E-state index is 0.0142. The third-order valence-corrected chi connectivity index (χ3v) is 5.35. The van der Waals surface area contributed by atoms with Crippen LogP contribution in [-0.2, 0) is 19.1 Å². The Morgan fingerprint density at radius 1 is 1.21 bits per heavy atom. The molecule has 2 aliphatic rings. The minimum Gasteiger partial charge on any atom is -0.494 e. The van der Waals surface area contributed by atoms with Gasteiger partial charge in [-0.15, -0.1) is 0 Å². The second kappa shape index (κ2) is 9.08. The Bertz CT molecular complexity index is 712. The van der Waals surface area contributed by atoms with Crippen molar-refractivity contribution in [2.75, 3.05) is 18.5 Å². The van der Waals surface area contributed by atoms with Crippen LogP contribution < -0.4 is 10.1 Å². The maximum atomic E-state index is 12.4. The molecule has 0 spiro atoms. The van der Waals surface area contributed by atoms with Crippen LogP contribution in [0.2, 0.25) is 0 Å². The molecule has 1 N–H and O–H groups in total. The van der Waals surface area contributed by atoms with Crippen LogP contribution in [0.15, 0.2) is 24.3 Å². The van der Waals surface area contributed by atoms with E-state index in [0.717, 1.165) is 31.4 Å². The van der Waals surface area contributed by atoms with Gasteiger partial charge >= 0.3 is 5.97 Å². The summed E-state index contributed by atoms with van der Waals surface area (Å²) in [5.41, 5.74) is 0.597. The van der Waals surface area contributed by atoms with Crippen molar-refractivity contribution in [2.24, 2.45) is 5.92 Å². The fourth-order valence-electron chi connectivity index (χ4n) is 3.83. The molecule has 1 heterocycles. The normalized spacial score (nSPS) is 20.9. The second-order valence-corrected chi connectivity index (χ2v) is 7.41. The first-order valence-corrected chi connectivity index (χ1v) is 10.0. The molecule has 1 saturated heterocycles. The first kappa shape index (κ1) is 20.2. The molecule has 2 atom stereocenters. The van der Waals surface area contributed by atoms with Crippen molar-refractivity contribution < 1.29 is 23.9 Å². The molecule has 7 heteroatoms. The molecule has 0 aromatic heterocycles. The largest absolute Gasteiger partial charge is 0.494 e. The van der Waals surface area contributed by atoms with E-state index >= 15 is 0 Å².